The van der Waals surface area contributed by atoms with Crippen LogP contribution in [-0.2, 0) is 9.47 Å². The van der Waals surface area contributed by atoms with Crippen LogP contribution in [0.25, 0.3) is 0 Å². The van der Waals surface area contributed by atoms with Gasteiger partial charge in [-0.3, -0.25) is 0 Å². The molecule has 0 heterocycles. The molecule has 68 valence electrons. The molecule has 0 spiro atoms. The van der Waals surface area contributed by atoms with Gasteiger partial charge in [-0.1, -0.05) is 0 Å². The summed E-state index contributed by atoms with van der Waals surface area (Å²) in [5.41, 5.74) is 0. The molecule has 11 heavy (non-hydrogen) atoms. The summed E-state index contributed by atoms with van der Waals surface area (Å²) in [5, 5.41) is 3.12. The van der Waals surface area contributed by atoms with Gasteiger partial charge in [0.25, 0.3) is 0 Å². The van der Waals surface area contributed by atoms with E-state index in [-0.39, 0.29) is 0 Å². The van der Waals surface area contributed by atoms with Gasteiger partial charge in [0.15, 0.2) is 0 Å². The van der Waals surface area contributed by atoms with E-state index in [1.54, 1.807) is 0 Å². The Morgan fingerprint density at radius 3 is 1.82 bits per heavy atom. The quantitative estimate of drug-likeness (QED) is 0.594. The zero-order valence-corrected chi connectivity index (χ0v) is 7.72. The Labute approximate surface area is 69.1 Å². The lowest BCUT2D eigenvalue weighted by Crippen LogP contribution is -2.34. The fraction of sp³-hybridized carbons (Fsp3) is 1.00. The Morgan fingerprint density at radius 2 is 1.55 bits per heavy atom. The molecule has 0 atom stereocenters. The predicted octanol–water partition coefficient (Wildman–Crippen LogP) is 0.647. The number of hydrogen-bond acceptors (Lipinski definition) is 3. The number of nitrogens with one attached hydrogen (secondary N) is 1. The van der Waals surface area contributed by atoms with Gasteiger partial charge in [0.1, 0.15) is 0 Å². The summed E-state index contributed by atoms with van der Waals surface area (Å²) in [6, 6.07) is 0.329. The Bertz CT molecular complexity index is 70.5. The molecular weight excluding hydrogens is 142 g/mol. The zero-order chi connectivity index (χ0) is 8.53. The molecule has 0 saturated carbocycles. The minimum absolute atomic E-state index is 0.329. The second-order valence-corrected chi connectivity index (χ2v) is 2.30. The van der Waals surface area contributed by atoms with E-state index in [0.29, 0.717) is 6.04 Å². The molecule has 3 heteroatoms. The van der Waals surface area contributed by atoms with Crippen LogP contribution in [0.15, 0.2) is 0 Å². The summed E-state index contributed by atoms with van der Waals surface area (Å²) in [5.74, 6) is 0. The molecule has 0 aromatic carbocycles. The summed E-state index contributed by atoms with van der Waals surface area (Å²) in [6.45, 7) is 6.98. The van der Waals surface area contributed by atoms with Gasteiger partial charge in [-0.2, -0.15) is 0 Å². The van der Waals surface area contributed by atoms with E-state index in [1.807, 2.05) is 20.9 Å². The van der Waals surface area contributed by atoms with Gasteiger partial charge in [0, 0.05) is 13.2 Å². The van der Waals surface area contributed by atoms with Crippen molar-refractivity contribution >= 4 is 0 Å². The summed E-state index contributed by atoms with van der Waals surface area (Å²) in [4.78, 5) is 0. The van der Waals surface area contributed by atoms with Crippen molar-refractivity contribution in [2.45, 2.75) is 19.9 Å². The maximum Gasteiger partial charge on any atom is 0.0641 e. The number of hydrogen-bond donors (Lipinski definition) is 1. The summed E-state index contributed by atoms with van der Waals surface area (Å²) >= 11 is 0. The molecule has 0 saturated heterocycles. The first-order valence-corrected chi connectivity index (χ1v) is 4.17. The van der Waals surface area contributed by atoms with Crippen LogP contribution < -0.4 is 5.32 Å². The average molecular weight is 161 g/mol. The first-order valence-electron chi connectivity index (χ1n) is 4.17. The van der Waals surface area contributed by atoms with E-state index in [2.05, 4.69) is 5.32 Å². The first kappa shape index (κ1) is 10.9. The highest BCUT2D eigenvalue weighted by molar-refractivity contribution is 4.61. The lowest BCUT2D eigenvalue weighted by Gasteiger charge is -2.14. The molecule has 3 nitrogen and oxygen atoms in total. The van der Waals surface area contributed by atoms with Gasteiger partial charge in [0.2, 0.25) is 0 Å². The third-order valence-electron chi connectivity index (χ3n) is 1.45. The van der Waals surface area contributed by atoms with Gasteiger partial charge in [-0.25, -0.2) is 0 Å². The first-order chi connectivity index (χ1) is 5.35. The van der Waals surface area contributed by atoms with Crippen LogP contribution in [0.4, 0.5) is 0 Å². The summed E-state index contributed by atoms with van der Waals surface area (Å²) in [6.07, 6.45) is 0. The summed E-state index contributed by atoms with van der Waals surface area (Å²) in [7, 11) is 1.92. The van der Waals surface area contributed by atoms with Crippen LogP contribution in [0.1, 0.15) is 13.8 Å². The van der Waals surface area contributed by atoms with Crippen molar-refractivity contribution in [1.82, 2.24) is 5.32 Å². The number of likely N-dealkylation sites (N-methyl/N-ethyl adjacent to an activating group) is 1. The Hall–Kier alpha value is -0.120. The smallest absolute Gasteiger partial charge is 0.0641 e. The average Bonchev–Trinajstić information content (AvgIpc) is 2.05. The molecule has 0 fully saturated rings. The Balaban J connectivity index is 3.25. The van der Waals surface area contributed by atoms with Crippen molar-refractivity contribution in [3.05, 3.63) is 0 Å². The molecule has 0 aliphatic rings. The topological polar surface area (TPSA) is 30.5 Å². The van der Waals surface area contributed by atoms with Gasteiger partial charge in [-0.15, -0.1) is 0 Å². The second kappa shape index (κ2) is 7.98. The van der Waals surface area contributed by atoms with Crippen LogP contribution in [-0.4, -0.2) is 39.5 Å². The molecule has 0 aromatic heterocycles. The Morgan fingerprint density at radius 1 is 1.09 bits per heavy atom. The third kappa shape index (κ3) is 6.28. The molecule has 0 unspecified atom stereocenters. The number of ether oxygens (including phenoxy) is 2. The van der Waals surface area contributed by atoms with E-state index < -0.39 is 0 Å². The van der Waals surface area contributed by atoms with Gasteiger partial charge in [-0.05, 0) is 20.9 Å². The van der Waals surface area contributed by atoms with E-state index in [1.165, 1.54) is 0 Å². The van der Waals surface area contributed by atoms with Crippen molar-refractivity contribution < 1.29 is 9.47 Å². The highest BCUT2D eigenvalue weighted by Crippen LogP contribution is 1.86. The highest BCUT2D eigenvalue weighted by Gasteiger charge is 2.03. The van der Waals surface area contributed by atoms with Crippen molar-refractivity contribution in [1.29, 1.82) is 0 Å². The van der Waals surface area contributed by atoms with Crippen molar-refractivity contribution in [2.24, 2.45) is 0 Å². The monoisotopic (exact) mass is 161 g/mol. The minimum atomic E-state index is 0.329. The molecule has 0 rings (SSSR count). The van der Waals surface area contributed by atoms with Crippen LogP contribution in [0.5, 0.6) is 0 Å². The van der Waals surface area contributed by atoms with E-state index in [9.17, 15) is 0 Å². The predicted molar refractivity (Wildman–Crippen MR) is 45.8 cm³/mol. The largest absolute Gasteiger partial charge is 0.380 e. The van der Waals surface area contributed by atoms with E-state index in [0.717, 1.165) is 26.4 Å². The molecule has 0 aliphatic carbocycles. The fourth-order valence-corrected chi connectivity index (χ4v) is 0.735. The molecule has 1 N–H and O–H groups in total. The van der Waals surface area contributed by atoms with Crippen molar-refractivity contribution in [3.8, 4) is 0 Å². The number of rotatable bonds is 7. The second-order valence-electron chi connectivity index (χ2n) is 2.30. The maximum atomic E-state index is 5.24. The molecule has 0 bridgehead atoms. The SMILES string of the molecule is CCOCC(COCC)NC. The molecular formula is C8H19NO2. The molecule has 0 radical (unpaired) electrons. The Kier molecular flexibility index (Phi) is 7.89. The summed E-state index contributed by atoms with van der Waals surface area (Å²) < 4.78 is 10.5. The van der Waals surface area contributed by atoms with Gasteiger partial charge >= 0.3 is 0 Å². The third-order valence-corrected chi connectivity index (χ3v) is 1.45. The van der Waals surface area contributed by atoms with E-state index in [4.69, 9.17) is 9.47 Å². The fourth-order valence-electron chi connectivity index (χ4n) is 0.735. The normalized spacial score (nSPS) is 10.9. The molecule has 0 amide bonds. The van der Waals surface area contributed by atoms with Crippen LogP contribution >= 0.6 is 0 Å². The minimum Gasteiger partial charge on any atom is -0.380 e. The van der Waals surface area contributed by atoms with Gasteiger partial charge < -0.3 is 14.8 Å². The van der Waals surface area contributed by atoms with Crippen molar-refractivity contribution in [3.63, 3.8) is 0 Å². The maximum absolute atomic E-state index is 5.24. The van der Waals surface area contributed by atoms with Crippen molar-refractivity contribution in [2.75, 3.05) is 33.5 Å². The van der Waals surface area contributed by atoms with Crippen LogP contribution in [0.2, 0.25) is 0 Å². The molecule has 0 aromatic rings. The lowest BCUT2D eigenvalue weighted by molar-refractivity contribution is 0.0677. The highest BCUT2D eigenvalue weighted by atomic mass is 16.5. The lowest BCUT2D eigenvalue weighted by atomic mass is 10.3. The van der Waals surface area contributed by atoms with Gasteiger partial charge in [0.05, 0.1) is 19.3 Å². The zero-order valence-electron chi connectivity index (χ0n) is 7.72. The standard InChI is InChI=1S/C8H19NO2/c1-4-10-6-8(9-3)7-11-5-2/h8-9H,4-7H2,1-3H3. The molecule has 0 aliphatic heterocycles. The van der Waals surface area contributed by atoms with Crippen LogP contribution in [0, 0.1) is 0 Å². The van der Waals surface area contributed by atoms with Crippen LogP contribution in [0.3, 0.4) is 0 Å². The van der Waals surface area contributed by atoms with E-state index >= 15 is 0 Å².